The molecule has 4 rings (SSSR count). The fourth-order valence-corrected chi connectivity index (χ4v) is 8.41. The molecule has 2 aliphatic carbocycles. The highest BCUT2D eigenvalue weighted by molar-refractivity contribution is 4.82. The third-order valence-corrected chi connectivity index (χ3v) is 11.8. The molecule has 4 atom stereocenters. The lowest BCUT2D eigenvalue weighted by Gasteiger charge is -2.45. The molecular formula is C30H58I2N2. The number of piperidine rings is 2. The molecule has 4 heteroatoms. The van der Waals surface area contributed by atoms with Gasteiger partial charge in [-0.1, -0.05) is 0 Å². The Morgan fingerprint density at radius 2 is 0.853 bits per heavy atom. The summed E-state index contributed by atoms with van der Waals surface area (Å²) < 4.78 is 2.75. The second-order valence-corrected chi connectivity index (χ2v) is 13.7. The molecule has 2 heterocycles. The van der Waals surface area contributed by atoms with E-state index in [1.807, 2.05) is 0 Å². The summed E-state index contributed by atoms with van der Waals surface area (Å²) in [6, 6.07) is 1.80. The minimum Gasteiger partial charge on any atom is -1.00 e. The number of hydrogen-bond acceptors (Lipinski definition) is 0. The average Bonchev–Trinajstić information content (AvgIpc) is 2.81. The Morgan fingerprint density at radius 3 is 1.18 bits per heavy atom. The van der Waals surface area contributed by atoms with Crippen molar-refractivity contribution < 1.29 is 56.9 Å². The number of nitrogens with zero attached hydrogens (tertiary/aromatic N) is 2. The van der Waals surface area contributed by atoms with Gasteiger partial charge < -0.3 is 56.9 Å². The number of rotatable bonds is 7. The van der Waals surface area contributed by atoms with E-state index in [1.165, 1.54) is 86.5 Å². The molecule has 0 bridgehead atoms. The van der Waals surface area contributed by atoms with Crippen LogP contribution in [0.1, 0.15) is 117 Å². The molecular weight excluding hydrogens is 642 g/mol. The number of halogens is 2. The van der Waals surface area contributed by atoms with E-state index in [0.717, 1.165) is 35.8 Å². The maximum Gasteiger partial charge on any atom is 0.0859 e. The Balaban J connectivity index is 0.00000204. The zero-order valence-electron chi connectivity index (χ0n) is 23.3. The van der Waals surface area contributed by atoms with Gasteiger partial charge in [-0.2, -0.15) is 0 Å². The van der Waals surface area contributed by atoms with Crippen LogP contribution in [0, 0.1) is 23.7 Å². The molecule has 0 radical (unpaired) electrons. The number of likely N-dealkylation sites (tertiary alicyclic amines) is 2. The minimum atomic E-state index is 0. The molecule has 0 N–H and O–H groups in total. The van der Waals surface area contributed by atoms with Crippen LogP contribution >= 0.6 is 0 Å². The first-order chi connectivity index (χ1) is 15.4. The van der Waals surface area contributed by atoms with Crippen molar-refractivity contribution in [3.8, 4) is 0 Å². The van der Waals surface area contributed by atoms with E-state index in [0.29, 0.717) is 0 Å². The molecule has 0 spiro atoms. The molecule has 0 aromatic carbocycles. The van der Waals surface area contributed by atoms with E-state index in [-0.39, 0.29) is 48.0 Å². The van der Waals surface area contributed by atoms with E-state index in [1.54, 1.807) is 51.4 Å². The second-order valence-electron chi connectivity index (χ2n) is 13.7. The van der Waals surface area contributed by atoms with Crippen LogP contribution in [-0.2, 0) is 0 Å². The lowest BCUT2D eigenvalue weighted by molar-refractivity contribution is -0.936. The summed E-state index contributed by atoms with van der Waals surface area (Å²) in [7, 11) is 5.12. The average molecular weight is 701 g/mol. The van der Waals surface area contributed by atoms with Gasteiger partial charge in [0.15, 0.2) is 0 Å². The fraction of sp³-hybridized carbons (Fsp3) is 1.00. The lowest BCUT2D eigenvalue weighted by Crippen LogP contribution is -3.00. The van der Waals surface area contributed by atoms with Crippen LogP contribution < -0.4 is 48.0 Å². The standard InChI is InChI=1S/C30H58N2.2HI/c1-25-9-5-7-21-31(25,3)23-19-27-11-15-29(16-12-27)30-17-13-28(14-18-30)20-24-32(4)22-8-6-10-26(32)2;;/h25-30H,5-24H2,1-4H3;2*1H/q+2;;/p-2. The molecule has 0 aromatic rings. The van der Waals surface area contributed by atoms with Crippen molar-refractivity contribution in [2.24, 2.45) is 23.7 Å². The van der Waals surface area contributed by atoms with Crippen molar-refractivity contribution in [2.45, 2.75) is 129 Å². The Morgan fingerprint density at radius 1 is 0.500 bits per heavy atom. The van der Waals surface area contributed by atoms with Gasteiger partial charge in [0.2, 0.25) is 0 Å². The van der Waals surface area contributed by atoms with Crippen LogP contribution in [0.15, 0.2) is 0 Å². The normalized spacial score (nSPS) is 43.4. The molecule has 34 heavy (non-hydrogen) atoms. The quantitative estimate of drug-likeness (QED) is 0.279. The molecule has 2 saturated carbocycles. The zero-order chi connectivity index (χ0) is 22.6. The van der Waals surface area contributed by atoms with Crippen molar-refractivity contribution in [3.05, 3.63) is 0 Å². The predicted molar refractivity (Wildman–Crippen MR) is 139 cm³/mol. The molecule has 2 saturated heterocycles. The van der Waals surface area contributed by atoms with E-state index in [2.05, 4.69) is 27.9 Å². The van der Waals surface area contributed by atoms with Gasteiger partial charge in [0, 0.05) is 0 Å². The third kappa shape index (κ3) is 8.19. The van der Waals surface area contributed by atoms with Gasteiger partial charge >= 0.3 is 0 Å². The van der Waals surface area contributed by atoms with Crippen LogP contribution in [0.5, 0.6) is 0 Å². The topological polar surface area (TPSA) is 0 Å². The maximum atomic E-state index is 2.56. The van der Waals surface area contributed by atoms with Crippen LogP contribution in [0.25, 0.3) is 0 Å². The van der Waals surface area contributed by atoms with E-state index in [9.17, 15) is 0 Å². The van der Waals surface area contributed by atoms with Gasteiger partial charge in [-0.15, -0.1) is 0 Å². The van der Waals surface area contributed by atoms with Crippen molar-refractivity contribution in [2.75, 3.05) is 40.3 Å². The van der Waals surface area contributed by atoms with Gasteiger partial charge in [0.1, 0.15) is 0 Å². The monoisotopic (exact) mass is 700 g/mol. The highest BCUT2D eigenvalue weighted by Crippen LogP contribution is 2.43. The number of hydrogen-bond donors (Lipinski definition) is 0. The van der Waals surface area contributed by atoms with Crippen LogP contribution in [0.2, 0.25) is 0 Å². The maximum absolute atomic E-state index is 2.56. The van der Waals surface area contributed by atoms with Crippen LogP contribution in [0.4, 0.5) is 0 Å². The first-order valence-electron chi connectivity index (χ1n) is 15.1. The van der Waals surface area contributed by atoms with Gasteiger partial charge in [0.05, 0.1) is 52.4 Å². The SMILES string of the molecule is CC1CCCC[N+]1(C)CCC1CCC(C2CCC(CC[N+]3(C)CCCCC3C)CC2)CC1.[I-].[I-]. The Bertz CT molecular complexity index is 520. The van der Waals surface area contributed by atoms with Crippen molar-refractivity contribution in [3.63, 3.8) is 0 Å². The summed E-state index contributed by atoms with van der Waals surface area (Å²) in [6.45, 7) is 10.8. The summed E-state index contributed by atoms with van der Waals surface area (Å²) in [5.74, 6) is 4.25. The molecule has 2 nitrogen and oxygen atoms in total. The van der Waals surface area contributed by atoms with E-state index >= 15 is 0 Å². The van der Waals surface area contributed by atoms with E-state index < -0.39 is 0 Å². The molecule has 202 valence electrons. The van der Waals surface area contributed by atoms with Crippen LogP contribution in [-0.4, -0.2) is 61.3 Å². The molecule has 4 fully saturated rings. The Kier molecular flexibility index (Phi) is 13.5. The molecule has 0 aromatic heterocycles. The summed E-state index contributed by atoms with van der Waals surface area (Å²) >= 11 is 0. The predicted octanol–water partition coefficient (Wildman–Crippen LogP) is 1.43. The number of quaternary nitrogens is 2. The van der Waals surface area contributed by atoms with Gasteiger partial charge in [0.25, 0.3) is 0 Å². The Hall–Kier alpha value is 1.38. The van der Waals surface area contributed by atoms with Crippen molar-refractivity contribution in [1.82, 2.24) is 0 Å². The lowest BCUT2D eigenvalue weighted by atomic mass is 9.68. The summed E-state index contributed by atoms with van der Waals surface area (Å²) in [5, 5.41) is 0. The first-order valence-corrected chi connectivity index (χ1v) is 15.1. The van der Waals surface area contributed by atoms with Crippen LogP contribution in [0.3, 0.4) is 0 Å². The largest absolute Gasteiger partial charge is 1.00 e. The van der Waals surface area contributed by atoms with Crippen molar-refractivity contribution in [1.29, 1.82) is 0 Å². The fourth-order valence-electron chi connectivity index (χ4n) is 8.41. The molecule has 4 unspecified atom stereocenters. The highest BCUT2D eigenvalue weighted by Gasteiger charge is 2.36. The molecule has 2 aliphatic heterocycles. The minimum absolute atomic E-state index is 0. The third-order valence-electron chi connectivity index (χ3n) is 11.8. The van der Waals surface area contributed by atoms with Gasteiger partial charge in [-0.05, 0) is 140 Å². The molecule has 0 amide bonds. The summed E-state index contributed by atoms with van der Waals surface area (Å²) in [5.41, 5.74) is 0. The highest BCUT2D eigenvalue weighted by atomic mass is 127. The molecule has 4 aliphatic rings. The first kappa shape index (κ1) is 31.6. The second kappa shape index (κ2) is 14.5. The van der Waals surface area contributed by atoms with Crippen molar-refractivity contribution >= 4 is 0 Å². The smallest absolute Gasteiger partial charge is 0.0859 e. The zero-order valence-corrected chi connectivity index (χ0v) is 27.6. The summed E-state index contributed by atoms with van der Waals surface area (Å²) in [4.78, 5) is 0. The van der Waals surface area contributed by atoms with E-state index in [4.69, 9.17) is 0 Å². The summed E-state index contributed by atoms with van der Waals surface area (Å²) in [6.07, 6.45) is 24.3. The Labute approximate surface area is 248 Å². The van der Waals surface area contributed by atoms with Gasteiger partial charge in [-0.3, -0.25) is 0 Å². The van der Waals surface area contributed by atoms with Gasteiger partial charge in [-0.25, -0.2) is 0 Å².